The van der Waals surface area contributed by atoms with E-state index in [1.807, 2.05) is 6.07 Å². The van der Waals surface area contributed by atoms with Crippen molar-refractivity contribution in [3.63, 3.8) is 0 Å². The van der Waals surface area contributed by atoms with Gasteiger partial charge in [0.1, 0.15) is 15.8 Å². The highest BCUT2D eigenvalue weighted by Gasteiger charge is 2.17. The molecule has 0 aliphatic heterocycles. The lowest BCUT2D eigenvalue weighted by atomic mass is 10.4. The van der Waals surface area contributed by atoms with Crippen molar-refractivity contribution in [2.45, 2.75) is 10.8 Å². The van der Waals surface area contributed by atoms with Crippen LogP contribution in [0, 0.1) is 0 Å². The van der Waals surface area contributed by atoms with Gasteiger partial charge in [0.15, 0.2) is 5.82 Å². The van der Waals surface area contributed by atoms with E-state index < -0.39 is 10.0 Å². The van der Waals surface area contributed by atoms with Crippen LogP contribution in [0.15, 0.2) is 51.3 Å². The molecule has 0 aromatic carbocycles. The maximum absolute atomic E-state index is 12.1. The quantitative estimate of drug-likeness (QED) is 0.691. The highest BCUT2D eigenvalue weighted by atomic mass is 35.5. The summed E-state index contributed by atoms with van der Waals surface area (Å²) >= 11 is 6.72. The number of nitrogens with zero attached hydrogens (tertiary/aromatic N) is 2. The molecule has 3 heterocycles. The van der Waals surface area contributed by atoms with Crippen LogP contribution >= 0.6 is 22.9 Å². The first-order chi connectivity index (χ1) is 11.0. The second-order valence-electron chi connectivity index (χ2n) is 4.40. The van der Waals surface area contributed by atoms with E-state index in [0.717, 1.165) is 17.1 Å². The van der Waals surface area contributed by atoms with Gasteiger partial charge in [-0.25, -0.2) is 8.42 Å². The minimum atomic E-state index is -3.71. The molecule has 0 bridgehead atoms. The second kappa shape index (κ2) is 6.57. The Hall–Kier alpha value is -2.10. The van der Waals surface area contributed by atoms with Crippen LogP contribution < -0.4 is 10.0 Å². The predicted octanol–water partition coefficient (Wildman–Crippen LogP) is 3.20. The van der Waals surface area contributed by atoms with Crippen LogP contribution in [0.1, 0.15) is 5.76 Å². The number of anilines is 2. The van der Waals surface area contributed by atoms with Crippen molar-refractivity contribution in [1.29, 1.82) is 0 Å². The fourth-order valence-corrected chi connectivity index (χ4v) is 4.18. The topological polar surface area (TPSA) is 97.1 Å². The summed E-state index contributed by atoms with van der Waals surface area (Å²) < 4.78 is 32.3. The zero-order valence-corrected chi connectivity index (χ0v) is 14.0. The number of hydrogen-bond acceptors (Lipinski definition) is 7. The summed E-state index contributed by atoms with van der Waals surface area (Å²) in [6.45, 7) is 0.459. The fourth-order valence-electron chi connectivity index (χ4n) is 1.70. The highest BCUT2D eigenvalue weighted by Crippen LogP contribution is 2.26. The van der Waals surface area contributed by atoms with Crippen LogP contribution in [0.5, 0.6) is 0 Å². The van der Waals surface area contributed by atoms with E-state index >= 15 is 0 Å². The average molecular weight is 371 g/mol. The third kappa shape index (κ3) is 4.01. The standard InChI is InChI=1S/C13H11ClN4O3S2/c14-10-3-6-13(22-10)23(19,20)18-12-5-4-11(16-17-12)15-8-9-2-1-7-21-9/h1-7H,8H2,(H,15,16)(H,17,18). The summed E-state index contributed by atoms with van der Waals surface area (Å²) in [4.78, 5) is 0. The van der Waals surface area contributed by atoms with Crippen molar-refractivity contribution in [2.24, 2.45) is 0 Å². The van der Waals surface area contributed by atoms with Crippen molar-refractivity contribution >= 4 is 44.6 Å². The van der Waals surface area contributed by atoms with E-state index in [1.54, 1.807) is 18.4 Å². The first-order valence-corrected chi connectivity index (χ1v) is 9.09. The van der Waals surface area contributed by atoms with E-state index in [2.05, 4.69) is 20.2 Å². The molecule has 0 aliphatic carbocycles. The Bertz CT molecular complexity index is 876. The van der Waals surface area contributed by atoms with Crippen LogP contribution in [0.4, 0.5) is 11.6 Å². The number of thiophene rings is 1. The molecule has 3 aromatic heterocycles. The average Bonchev–Trinajstić information content (AvgIpc) is 3.18. The van der Waals surface area contributed by atoms with E-state index in [9.17, 15) is 8.42 Å². The SMILES string of the molecule is O=S(=O)(Nc1ccc(NCc2ccco2)nn1)c1ccc(Cl)s1. The third-order valence-electron chi connectivity index (χ3n) is 2.74. The van der Waals surface area contributed by atoms with Crippen molar-refractivity contribution < 1.29 is 12.8 Å². The zero-order valence-electron chi connectivity index (χ0n) is 11.6. The van der Waals surface area contributed by atoms with Crippen molar-refractivity contribution in [3.8, 4) is 0 Å². The minimum Gasteiger partial charge on any atom is -0.467 e. The zero-order chi connectivity index (χ0) is 16.3. The summed E-state index contributed by atoms with van der Waals surface area (Å²) in [5.41, 5.74) is 0. The van der Waals surface area contributed by atoms with Gasteiger partial charge in [-0.1, -0.05) is 11.6 Å². The molecular formula is C13H11ClN4O3S2. The van der Waals surface area contributed by atoms with Gasteiger partial charge in [-0.3, -0.25) is 4.72 Å². The molecule has 10 heteroatoms. The van der Waals surface area contributed by atoms with Gasteiger partial charge < -0.3 is 9.73 Å². The van der Waals surface area contributed by atoms with Gasteiger partial charge in [0.05, 0.1) is 17.1 Å². The Morgan fingerprint density at radius 2 is 1.91 bits per heavy atom. The molecule has 0 atom stereocenters. The molecule has 120 valence electrons. The Balaban J connectivity index is 1.65. The van der Waals surface area contributed by atoms with Crippen molar-refractivity contribution in [1.82, 2.24) is 10.2 Å². The molecule has 0 unspecified atom stereocenters. The van der Waals surface area contributed by atoms with Gasteiger partial charge in [-0.05, 0) is 36.4 Å². The second-order valence-corrected chi connectivity index (χ2v) is 8.03. The van der Waals surface area contributed by atoms with Crippen LogP contribution in [-0.2, 0) is 16.6 Å². The molecule has 0 fully saturated rings. The van der Waals surface area contributed by atoms with Crippen LogP contribution in [0.3, 0.4) is 0 Å². The monoisotopic (exact) mass is 370 g/mol. The Kier molecular flexibility index (Phi) is 4.51. The molecule has 0 saturated heterocycles. The molecule has 2 N–H and O–H groups in total. The number of aromatic nitrogens is 2. The molecule has 0 spiro atoms. The van der Waals surface area contributed by atoms with Gasteiger partial charge in [0.2, 0.25) is 0 Å². The maximum Gasteiger partial charge on any atom is 0.272 e. The van der Waals surface area contributed by atoms with Crippen LogP contribution in [0.25, 0.3) is 0 Å². The molecule has 23 heavy (non-hydrogen) atoms. The summed E-state index contributed by atoms with van der Waals surface area (Å²) in [5.74, 6) is 1.38. The fraction of sp³-hybridized carbons (Fsp3) is 0.0769. The minimum absolute atomic E-state index is 0.115. The number of hydrogen-bond donors (Lipinski definition) is 2. The number of halogens is 1. The molecule has 0 radical (unpaired) electrons. The van der Waals surface area contributed by atoms with Gasteiger partial charge in [-0.2, -0.15) is 0 Å². The number of rotatable bonds is 6. The first kappa shape index (κ1) is 15.8. The summed E-state index contributed by atoms with van der Waals surface area (Å²) in [5, 5.41) is 10.8. The smallest absolute Gasteiger partial charge is 0.272 e. The van der Waals surface area contributed by atoms with Crippen LogP contribution in [-0.4, -0.2) is 18.6 Å². The largest absolute Gasteiger partial charge is 0.467 e. The van der Waals surface area contributed by atoms with Crippen LogP contribution in [0.2, 0.25) is 4.34 Å². The molecule has 0 amide bonds. The maximum atomic E-state index is 12.1. The number of sulfonamides is 1. The van der Waals surface area contributed by atoms with E-state index in [4.69, 9.17) is 16.0 Å². The number of nitrogens with one attached hydrogen (secondary N) is 2. The van der Waals surface area contributed by atoms with E-state index in [-0.39, 0.29) is 10.0 Å². The molecular weight excluding hydrogens is 360 g/mol. The Labute approximate surface area is 141 Å². The first-order valence-electron chi connectivity index (χ1n) is 6.41. The van der Waals surface area contributed by atoms with Crippen molar-refractivity contribution in [3.05, 3.63) is 52.8 Å². The molecule has 0 saturated carbocycles. The van der Waals surface area contributed by atoms with Gasteiger partial charge in [0.25, 0.3) is 10.0 Å². The number of furan rings is 1. The predicted molar refractivity (Wildman–Crippen MR) is 88.2 cm³/mol. The van der Waals surface area contributed by atoms with Crippen molar-refractivity contribution in [2.75, 3.05) is 10.0 Å². The molecule has 7 nitrogen and oxygen atoms in total. The Morgan fingerprint density at radius 1 is 1.13 bits per heavy atom. The molecule has 3 aromatic rings. The lowest BCUT2D eigenvalue weighted by Crippen LogP contribution is -2.13. The van der Waals surface area contributed by atoms with Gasteiger partial charge in [0, 0.05) is 0 Å². The normalized spacial score (nSPS) is 11.3. The lowest BCUT2D eigenvalue weighted by Gasteiger charge is -2.06. The van der Waals surface area contributed by atoms with Gasteiger partial charge >= 0.3 is 0 Å². The third-order valence-corrected chi connectivity index (χ3v) is 5.82. The van der Waals surface area contributed by atoms with E-state index in [1.165, 1.54) is 18.2 Å². The highest BCUT2D eigenvalue weighted by molar-refractivity contribution is 7.94. The summed E-state index contributed by atoms with van der Waals surface area (Å²) in [7, 11) is -3.71. The Morgan fingerprint density at radius 3 is 2.52 bits per heavy atom. The summed E-state index contributed by atoms with van der Waals surface area (Å²) in [6.07, 6.45) is 1.58. The van der Waals surface area contributed by atoms with Gasteiger partial charge in [-0.15, -0.1) is 21.5 Å². The summed E-state index contributed by atoms with van der Waals surface area (Å²) in [6, 6.07) is 9.71. The lowest BCUT2D eigenvalue weighted by molar-refractivity contribution is 0.517. The molecule has 3 rings (SSSR count). The molecule has 0 aliphatic rings. The van der Waals surface area contributed by atoms with E-state index in [0.29, 0.717) is 16.7 Å².